The molecule has 2 N–H and O–H groups in total. The van der Waals surface area contributed by atoms with Crippen molar-refractivity contribution in [2.24, 2.45) is 5.92 Å². The maximum Gasteiger partial charge on any atom is 0.253 e. The summed E-state index contributed by atoms with van der Waals surface area (Å²) in [5.74, 6) is -0.572. The van der Waals surface area contributed by atoms with Crippen molar-refractivity contribution in [3.8, 4) is 0 Å². The van der Waals surface area contributed by atoms with Gasteiger partial charge in [0, 0.05) is 6.54 Å². The number of carbonyl (C=O) groups is 2. The molecule has 6 heteroatoms. The second-order valence-corrected chi connectivity index (χ2v) is 8.50. The Bertz CT molecular complexity index is 851. The van der Waals surface area contributed by atoms with Crippen LogP contribution in [0.3, 0.4) is 0 Å². The van der Waals surface area contributed by atoms with E-state index in [1.54, 1.807) is 24.3 Å². The number of carbonyl (C=O) groups excluding carboxylic acids is 2. The summed E-state index contributed by atoms with van der Waals surface area (Å²) in [5.41, 5.74) is 1.57. The Kier molecular flexibility index (Phi) is 7.88. The van der Waals surface area contributed by atoms with E-state index in [0.29, 0.717) is 17.1 Å². The first-order valence-corrected chi connectivity index (χ1v) is 11.0. The third-order valence-electron chi connectivity index (χ3n) is 5.59. The Balaban J connectivity index is 1.68. The van der Waals surface area contributed by atoms with Crippen molar-refractivity contribution < 1.29 is 9.59 Å². The maximum atomic E-state index is 13.0. The van der Waals surface area contributed by atoms with E-state index in [2.05, 4.69) is 27.7 Å². The van der Waals surface area contributed by atoms with Crippen molar-refractivity contribution in [1.82, 2.24) is 15.5 Å². The lowest BCUT2D eigenvalue weighted by atomic mass is 10.0. The van der Waals surface area contributed by atoms with Crippen LogP contribution in [0.2, 0.25) is 5.02 Å². The summed E-state index contributed by atoms with van der Waals surface area (Å²) in [6.07, 6.45) is 2.36. The van der Waals surface area contributed by atoms with E-state index in [0.717, 1.165) is 13.1 Å². The van der Waals surface area contributed by atoms with E-state index in [1.165, 1.54) is 18.4 Å². The molecule has 0 aromatic heterocycles. The van der Waals surface area contributed by atoms with Crippen LogP contribution < -0.4 is 10.6 Å². The first kappa shape index (κ1) is 22.3. The van der Waals surface area contributed by atoms with Gasteiger partial charge < -0.3 is 10.6 Å². The van der Waals surface area contributed by atoms with Gasteiger partial charge in [-0.15, -0.1) is 0 Å². The topological polar surface area (TPSA) is 61.4 Å². The molecule has 2 amide bonds. The summed E-state index contributed by atoms with van der Waals surface area (Å²) in [6, 6.07) is 16.6. The van der Waals surface area contributed by atoms with Crippen LogP contribution in [0.4, 0.5) is 0 Å². The molecular formula is C24H30ClN3O2. The summed E-state index contributed by atoms with van der Waals surface area (Å²) >= 11 is 6.14. The molecule has 2 aromatic carbocycles. The average molecular weight is 428 g/mol. The second-order valence-electron chi connectivity index (χ2n) is 8.09. The summed E-state index contributed by atoms with van der Waals surface area (Å²) in [4.78, 5) is 28.1. The van der Waals surface area contributed by atoms with Crippen molar-refractivity contribution in [1.29, 1.82) is 0 Å². The van der Waals surface area contributed by atoms with Gasteiger partial charge in [0.1, 0.15) is 6.04 Å². The Morgan fingerprint density at radius 2 is 1.63 bits per heavy atom. The largest absolute Gasteiger partial charge is 0.352 e. The molecule has 0 bridgehead atoms. The minimum atomic E-state index is -0.635. The smallest absolute Gasteiger partial charge is 0.253 e. The molecule has 3 rings (SSSR count). The fourth-order valence-electron chi connectivity index (χ4n) is 3.89. The van der Waals surface area contributed by atoms with Crippen LogP contribution in [0.15, 0.2) is 54.6 Å². The van der Waals surface area contributed by atoms with Gasteiger partial charge >= 0.3 is 0 Å². The lowest BCUT2D eigenvalue weighted by Gasteiger charge is -2.29. The summed E-state index contributed by atoms with van der Waals surface area (Å²) < 4.78 is 0. The molecule has 1 aliphatic heterocycles. The van der Waals surface area contributed by atoms with Gasteiger partial charge in [0.05, 0.1) is 16.6 Å². The highest BCUT2D eigenvalue weighted by Gasteiger charge is 2.28. The third kappa shape index (κ3) is 5.61. The Labute approximate surface area is 183 Å². The monoisotopic (exact) mass is 427 g/mol. The van der Waals surface area contributed by atoms with Gasteiger partial charge in [-0.1, -0.05) is 67.9 Å². The number of likely N-dealkylation sites (tertiary alicyclic amines) is 1. The van der Waals surface area contributed by atoms with E-state index in [9.17, 15) is 9.59 Å². The average Bonchev–Trinajstić information content (AvgIpc) is 3.27. The molecule has 0 aliphatic carbocycles. The SMILES string of the molecule is CC(C)[C@H](NC(=O)c1ccccc1Cl)C(=O)NC[C@@H](c1ccccc1)N1CCCC1. The Morgan fingerprint density at radius 1 is 1.00 bits per heavy atom. The van der Waals surface area contributed by atoms with Crippen LogP contribution in [0.5, 0.6) is 0 Å². The molecule has 2 aromatic rings. The lowest BCUT2D eigenvalue weighted by molar-refractivity contribution is -0.124. The highest BCUT2D eigenvalue weighted by atomic mass is 35.5. The lowest BCUT2D eigenvalue weighted by Crippen LogP contribution is -2.51. The minimum Gasteiger partial charge on any atom is -0.352 e. The Morgan fingerprint density at radius 3 is 2.27 bits per heavy atom. The van der Waals surface area contributed by atoms with Crippen LogP contribution >= 0.6 is 11.6 Å². The summed E-state index contributed by atoms with van der Waals surface area (Å²) in [7, 11) is 0. The molecule has 0 saturated carbocycles. The van der Waals surface area contributed by atoms with Gasteiger partial charge in [-0.25, -0.2) is 0 Å². The third-order valence-corrected chi connectivity index (χ3v) is 5.92. The van der Waals surface area contributed by atoms with Gasteiger partial charge in [0.15, 0.2) is 0 Å². The first-order chi connectivity index (χ1) is 14.5. The van der Waals surface area contributed by atoms with E-state index in [1.807, 2.05) is 32.0 Å². The molecule has 0 spiro atoms. The first-order valence-electron chi connectivity index (χ1n) is 10.6. The standard InChI is InChI=1S/C24H30ClN3O2/c1-17(2)22(27-23(29)19-12-6-7-13-20(19)25)24(30)26-16-21(28-14-8-9-15-28)18-10-4-3-5-11-18/h3-7,10-13,17,21-22H,8-9,14-16H2,1-2H3,(H,26,30)(H,27,29)/t21-,22-/m0/s1. The number of amides is 2. The summed E-state index contributed by atoms with van der Waals surface area (Å²) in [5, 5.41) is 6.31. The molecule has 5 nitrogen and oxygen atoms in total. The summed E-state index contributed by atoms with van der Waals surface area (Å²) in [6.45, 7) is 6.42. The van der Waals surface area contributed by atoms with Crippen LogP contribution in [0.25, 0.3) is 0 Å². The predicted molar refractivity (Wildman–Crippen MR) is 121 cm³/mol. The van der Waals surface area contributed by atoms with Crippen LogP contribution in [0, 0.1) is 5.92 Å². The molecule has 1 saturated heterocycles. The highest BCUT2D eigenvalue weighted by Crippen LogP contribution is 2.24. The number of hydrogen-bond acceptors (Lipinski definition) is 3. The number of nitrogens with zero attached hydrogens (tertiary/aromatic N) is 1. The number of halogens is 1. The zero-order valence-corrected chi connectivity index (χ0v) is 18.4. The fourth-order valence-corrected chi connectivity index (χ4v) is 4.11. The van der Waals surface area contributed by atoms with Crippen molar-refractivity contribution >= 4 is 23.4 Å². The molecule has 1 fully saturated rings. The number of nitrogens with one attached hydrogen (secondary N) is 2. The number of benzene rings is 2. The van der Waals surface area contributed by atoms with Crippen LogP contribution in [-0.4, -0.2) is 42.4 Å². The molecular weight excluding hydrogens is 398 g/mol. The molecule has 1 aliphatic rings. The van der Waals surface area contributed by atoms with Crippen molar-refractivity contribution in [2.45, 2.75) is 38.8 Å². The highest BCUT2D eigenvalue weighted by molar-refractivity contribution is 6.33. The number of rotatable bonds is 8. The normalized spacial score (nSPS) is 16.3. The van der Waals surface area contributed by atoms with Crippen LogP contribution in [-0.2, 0) is 4.79 Å². The van der Waals surface area contributed by atoms with Gasteiger partial charge in [-0.05, 0) is 49.5 Å². The number of hydrogen-bond donors (Lipinski definition) is 2. The van der Waals surface area contributed by atoms with Gasteiger partial charge in [-0.2, -0.15) is 0 Å². The van der Waals surface area contributed by atoms with E-state index in [4.69, 9.17) is 11.6 Å². The maximum absolute atomic E-state index is 13.0. The quantitative estimate of drug-likeness (QED) is 0.668. The van der Waals surface area contributed by atoms with Crippen molar-refractivity contribution in [2.75, 3.05) is 19.6 Å². The van der Waals surface area contributed by atoms with E-state index >= 15 is 0 Å². The second kappa shape index (κ2) is 10.6. The van der Waals surface area contributed by atoms with Gasteiger partial charge in [0.25, 0.3) is 5.91 Å². The van der Waals surface area contributed by atoms with Crippen LogP contribution in [0.1, 0.15) is 48.7 Å². The minimum absolute atomic E-state index is 0.0570. The molecule has 0 unspecified atom stereocenters. The predicted octanol–water partition coefficient (Wildman–Crippen LogP) is 4.05. The molecule has 160 valence electrons. The molecule has 0 radical (unpaired) electrons. The fraction of sp³-hybridized carbons (Fsp3) is 0.417. The van der Waals surface area contributed by atoms with E-state index < -0.39 is 6.04 Å². The van der Waals surface area contributed by atoms with Gasteiger partial charge in [0.2, 0.25) is 5.91 Å². The molecule has 2 atom stereocenters. The van der Waals surface area contributed by atoms with E-state index in [-0.39, 0.29) is 23.8 Å². The van der Waals surface area contributed by atoms with Gasteiger partial charge in [-0.3, -0.25) is 14.5 Å². The zero-order chi connectivity index (χ0) is 21.5. The van der Waals surface area contributed by atoms with Crippen molar-refractivity contribution in [3.05, 3.63) is 70.7 Å². The zero-order valence-electron chi connectivity index (χ0n) is 17.6. The Hall–Kier alpha value is -2.37. The molecule has 30 heavy (non-hydrogen) atoms. The molecule has 1 heterocycles. The van der Waals surface area contributed by atoms with Crippen molar-refractivity contribution in [3.63, 3.8) is 0 Å².